The number of likely N-dealkylation sites (N-methyl/N-ethyl adjacent to an activating group) is 1. The van der Waals surface area contributed by atoms with Gasteiger partial charge in [0.15, 0.2) is 5.13 Å². The van der Waals surface area contributed by atoms with E-state index in [1.165, 1.54) is 11.8 Å². The van der Waals surface area contributed by atoms with Crippen LogP contribution in [0, 0.1) is 0 Å². The summed E-state index contributed by atoms with van der Waals surface area (Å²) in [6.45, 7) is 3.57. The Morgan fingerprint density at radius 3 is 2.92 bits per heavy atom. The average molecular weight is 587 g/mol. The number of carboxylic acid groups (broad SMARTS) is 1. The van der Waals surface area contributed by atoms with Crippen LogP contribution in [-0.4, -0.2) is 84.7 Å². The van der Waals surface area contributed by atoms with E-state index in [0.717, 1.165) is 35.0 Å². The van der Waals surface area contributed by atoms with Crippen LogP contribution in [0.4, 0.5) is 5.13 Å². The van der Waals surface area contributed by atoms with Crippen LogP contribution in [0.2, 0.25) is 0 Å². The molecule has 0 bridgehead atoms. The predicted octanol–water partition coefficient (Wildman–Crippen LogP) is -2.18. The summed E-state index contributed by atoms with van der Waals surface area (Å²) in [4.78, 5) is 53.1. The lowest BCUT2D eigenvalue weighted by molar-refractivity contribution is -0.664. The molecule has 0 spiro atoms. The molecule has 0 saturated carbocycles. The average Bonchev–Trinajstić information content (AvgIpc) is 3.56. The number of hydrogen-bond donors (Lipinski definition) is 3. The van der Waals surface area contributed by atoms with Crippen molar-refractivity contribution >= 4 is 63.1 Å². The second kappa shape index (κ2) is 11.6. The number of rotatable bonds is 11. The zero-order valence-corrected chi connectivity index (χ0v) is 23.2. The van der Waals surface area contributed by atoms with Gasteiger partial charge in [-0.1, -0.05) is 5.16 Å². The maximum atomic E-state index is 13.2. The zero-order chi connectivity index (χ0) is 28.4. The molecular weight excluding hydrogens is 560 g/mol. The molecule has 3 aromatic rings. The van der Waals surface area contributed by atoms with Crippen molar-refractivity contribution in [1.29, 1.82) is 0 Å². The molecule has 2 aliphatic heterocycles. The predicted molar refractivity (Wildman–Crippen MR) is 143 cm³/mol. The Balaban J connectivity index is 1.36. The van der Waals surface area contributed by atoms with E-state index in [4.69, 9.17) is 10.6 Å². The minimum Gasteiger partial charge on any atom is -0.543 e. The molecule has 40 heavy (non-hydrogen) atoms. The standard InChI is InChI=1S/C23H26N10O5S2/c1-3-38-29-14(17-28-23(24)40-30-17)19(34)27-15-20(35)33-16(22(36)37)12(10-39-21(15)33)9-31-7-4-5-13-18(31)26-11-32(13)8-6-25-2/h4-5,7,11,15,21,25H,3,6,8-10H2,1-2H3,(H3-,24,27,28,30,34,36,37)/b29-14-. The first-order valence-corrected chi connectivity index (χ1v) is 14.1. The number of carbonyl (C=O) groups excluding carboxylic acids is 3. The van der Waals surface area contributed by atoms with Crippen LogP contribution in [0.5, 0.6) is 0 Å². The summed E-state index contributed by atoms with van der Waals surface area (Å²) in [6, 6.07) is 2.82. The van der Waals surface area contributed by atoms with Gasteiger partial charge in [-0.15, -0.1) is 11.8 Å². The fourth-order valence-electron chi connectivity index (χ4n) is 4.47. The number of nitrogen functional groups attached to an aromatic ring is 1. The van der Waals surface area contributed by atoms with Gasteiger partial charge in [-0.3, -0.25) is 14.5 Å². The van der Waals surface area contributed by atoms with Crippen LogP contribution >= 0.6 is 23.3 Å². The van der Waals surface area contributed by atoms with E-state index in [2.05, 4.69) is 30.1 Å². The molecule has 5 rings (SSSR count). The highest BCUT2D eigenvalue weighted by atomic mass is 32.2. The molecular formula is C23H26N10O5S2. The lowest BCUT2D eigenvalue weighted by atomic mass is 10.0. The molecule has 210 valence electrons. The first-order valence-electron chi connectivity index (χ1n) is 12.3. The molecule has 0 radical (unpaired) electrons. The second-order valence-corrected chi connectivity index (χ2v) is 10.7. The highest BCUT2D eigenvalue weighted by Gasteiger charge is 2.53. The first kappa shape index (κ1) is 27.5. The summed E-state index contributed by atoms with van der Waals surface area (Å²) in [5.74, 6) is -2.52. The van der Waals surface area contributed by atoms with Gasteiger partial charge in [0.1, 0.15) is 30.1 Å². The zero-order valence-electron chi connectivity index (χ0n) is 21.6. The molecule has 0 aromatic carbocycles. The number of fused-ring (bicyclic) bond motifs is 2. The fourth-order valence-corrected chi connectivity index (χ4v) is 6.24. The number of nitrogens with two attached hydrogens (primary N) is 1. The van der Waals surface area contributed by atoms with Gasteiger partial charge in [0.2, 0.25) is 17.9 Å². The van der Waals surface area contributed by atoms with Gasteiger partial charge >= 0.3 is 5.65 Å². The van der Waals surface area contributed by atoms with Crippen molar-refractivity contribution in [1.82, 2.24) is 34.4 Å². The molecule has 2 unspecified atom stereocenters. The number of carboxylic acids is 1. The highest BCUT2D eigenvalue weighted by molar-refractivity contribution is 8.00. The third-order valence-electron chi connectivity index (χ3n) is 6.29. The van der Waals surface area contributed by atoms with Crippen LogP contribution in [0.15, 0.2) is 41.1 Å². The number of thioether (sulfide) groups is 1. The minimum absolute atomic E-state index is 0.0365. The Morgan fingerprint density at radius 1 is 1.40 bits per heavy atom. The van der Waals surface area contributed by atoms with Gasteiger partial charge < -0.3 is 35.7 Å². The molecule has 2 atom stereocenters. The normalized spacial score (nSPS) is 19.0. The van der Waals surface area contributed by atoms with Gasteiger partial charge in [0.05, 0.1) is 17.9 Å². The maximum Gasteiger partial charge on any atom is 0.349 e. The summed E-state index contributed by atoms with van der Waals surface area (Å²) in [6.07, 6.45) is 3.55. The smallest absolute Gasteiger partial charge is 0.349 e. The Morgan fingerprint density at radius 2 is 2.23 bits per heavy atom. The number of oxime groups is 1. The maximum absolute atomic E-state index is 13.2. The summed E-state index contributed by atoms with van der Waals surface area (Å²) >= 11 is 2.22. The number of aliphatic carboxylic acids is 1. The summed E-state index contributed by atoms with van der Waals surface area (Å²) in [5.41, 5.74) is 7.29. The second-order valence-electron chi connectivity index (χ2n) is 8.80. The van der Waals surface area contributed by atoms with Crippen molar-refractivity contribution in [2.24, 2.45) is 5.16 Å². The number of hydrogen-bond acceptors (Lipinski definition) is 13. The number of nitrogens with zero attached hydrogens (tertiary/aromatic N) is 7. The van der Waals surface area contributed by atoms with E-state index in [1.54, 1.807) is 13.3 Å². The number of amides is 2. The minimum atomic E-state index is -1.47. The number of aromatic nitrogens is 5. The Labute approximate surface area is 236 Å². The van der Waals surface area contributed by atoms with E-state index >= 15 is 0 Å². The Kier molecular flexibility index (Phi) is 7.95. The van der Waals surface area contributed by atoms with Gasteiger partial charge in [0.25, 0.3) is 11.8 Å². The fraction of sp³-hybridized carbons (Fsp3) is 0.391. The molecule has 15 nitrogen and oxygen atoms in total. The molecule has 1 fully saturated rings. The lowest BCUT2D eigenvalue weighted by Crippen LogP contribution is -2.71. The quantitative estimate of drug-likeness (QED) is 0.0956. The Bertz CT molecular complexity index is 1530. The summed E-state index contributed by atoms with van der Waals surface area (Å²) < 4.78 is 7.84. The van der Waals surface area contributed by atoms with E-state index in [1.807, 2.05) is 34.5 Å². The van der Waals surface area contributed by atoms with Crippen LogP contribution in [0.3, 0.4) is 0 Å². The van der Waals surface area contributed by atoms with Gasteiger partial charge in [-0.05, 0) is 31.1 Å². The van der Waals surface area contributed by atoms with Crippen molar-refractivity contribution in [3.8, 4) is 0 Å². The van der Waals surface area contributed by atoms with Crippen LogP contribution < -0.4 is 26.0 Å². The van der Waals surface area contributed by atoms with Gasteiger partial charge in [-0.2, -0.15) is 9.36 Å². The SMILES string of the molecule is CCO/N=C(\C(=O)NC1C(=O)N2C(C(=O)[O-])=C(C[n+]3cccc4c3ncn4CCNC)CSC12)c1nsc(N)n1. The topological polar surface area (TPSA) is 197 Å². The molecule has 2 amide bonds. The van der Waals surface area contributed by atoms with Crippen molar-refractivity contribution in [2.75, 3.05) is 31.7 Å². The number of carbonyl (C=O) groups is 3. The Hall–Kier alpha value is -4.09. The largest absolute Gasteiger partial charge is 0.543 e. The number of nitrogens with one attached hydrogen (secondary N) is 2. The molecule has 17 heteroatoms. The lowest BCUT2D eigenvalue weighted by Gasteiger charge is -2.50. The molecule has 4 N–H and O–H groups in total. The summed E-state index contributed by atoms with van der Waals surface area (Å²) in [7, 11) is 1.87. The van der Waals surface area contributed by atoms with Crippen molar-refractivity contribution in [2.45, 2.75) is 31.4 Å². The van der Waals surface area contributed by atoms with Crippen LogP contribution in [0.1, 0.15) is 12.7 Å². The molecule has 0 aliphatic carbocycles. The van der Waals surface area contributed by atoms with E-state index < -0.39 is 29.2 Å². The van der Waals surface area contributed by atoms with Crippen molar-refractivity contribution in [3.05, 3.63) is 41.8 Å². The van der Waals surface area contributed by atoms with Crippen LogP contribution in [-0.2, 0) is 32.3 Å². The van der Waals surface area contributed by atoms with E-state index in [9.17, 15) is 19.5 Å². The number of imidazole rings is 1. The number of β-lactam (4-membered cyclic amide) rings is 1. The van der Waals surface area contributed by atoms with Crippen molar-refractivity contribution < 1.29 is 28.9 Å². The third-order valence-corrected chi connectivity index (χ3v) is 8.18. The number of anilines is 1. The van der Waals surface area contributed by atoms with E-state index in [0.29, 0.717) is 17.0 Å². The molecule has 2 aliphatic rings. The molecule has 5 heterocycles. The highest BCUT2D eigenvalue weighted by Crippen LogP contribution is 2.40. The first-order chi connectivity index (χ1) is 19.3. The number of pyridine rings is 1. The molecule has 3 aromatic heterocycles. The van der Waals surface area contributed by atoms with Crippen molar-refractivity contribution in [3.63, 3.8) is 0 Å². The van der Waals surface area contributed by atoms with E-state index in [-0.39, 0.29) is 35.5 Å². The van der Waals surface area contributed by atoms with Gasteiger partial charge in [0, 0.05) is 35.9 Å². The summed E-state index contributed by atoms with van der Waals surface area (Å²) in [5, 5.41) is 21.3. The molecule has 1 saturated heterocycles. The van der Waals surface area contributed by atoms with Gasteiger partial charge in [-0.25, -0.2) is 4.57 Å². The monoisotopic (exact) mass is 586 g/mol. The van der Waals surface area contributed by atoms with Crippen LogP contribution in [0.25, 0.3) is 11.2 Å². The third kappa shape index (κ3) is 5.09.